The molecule has 0 aliphatic rings. The van der Waals surface area contributed by atoms with Gasteiger partial charge >= 0.3 is 0 Å². The van der Waals surface area contributed by atoms with E-state index in [1.807, 2.05) is 6.07 Å². The number of sulfone groups is 1. The summed E-state index contributed by atoms with van der Waals surface area (Å²) in [5, 5.41) is 0. The standard InChI is InChI=1S/C14H13ClO2S/c1-11-7-5-6-10-13(11)18(16,17)14(15)12-8-3-2-4-9-12/h2-10,14H,1H3. The topological polar surface area (TPSA) is 34.1 Å². The molecular weight excluding hydrogens is 268 g/mol. The van der Waals surface area contributed by atoms with Gasteiger partial charge in [-0.2, -0.15) is 0 Å². The fourth-order valence-electron chi connectivity index (χ4n) is 1.77. The first kappa shape index (κ1) is 13.1. The molecular formula is C14H13ClO2S. The monoisotopic (exact) mass is 280 g/mol. The van der Waals surface area contributed by atoms with Crippen molar-refractivity contribution in [2.75, 3.05) is 0 Å². The lowest BCUT2D eigenvalue weighted by Crippen LogP contribution is -2.10. The van der Waals surface area contributed by atoms with Gasteiger partial charge in [-0.25, -0.2) is 8.42 Å². The Morgan fingerprint density at radius 1 is 0.944 bits per heavy atom. The highest BCUT2D eigenvalue weighted by Crippen LogP contribution is 2.33. The zero-order valence-electron chi connectivity index (χ0n) is 9.88. The van der Waals surface area contributed by atoms with Crippen LogP contribution in [0.2, 0.25) is 0 Å². The Bertz CT molecular complexity index is 636. The normalized spacial score (nSPS) is 13.2. The van der Waals surface area contributed by atoms with Gasteiger partial charge in [0.15, 0.2) is 14.5 Å². The maximum Gasteiger partial charge on any atom is 0.199 e. The van der Waals surface area contributed by atoms with E-state index < -0.39 is 14.5 Å². The van der Waals surface area contributed by atoms with Gasteiger partial charge in [0.05, 0.1) is 4.90 Å². The minimum absolute atomic E-state index is 0.286. The van der Waals surface area contributed by atoms with E-state index in [4.69, 9.17) is 11.6 Å². The third-order valence-corrected chi connectivity index (χ3v) is 5.58. The number of halogens is 1. The molecule has 0 fully saturated rings. The molecule has 0 heterocycles. The van der Waals surface area contributed by atoms with E-state index in [2.05, 4.69) is 0 Å². The summed E-state index contributed by atoms with van der Waals surface area (Å²) in [6, 6.07) is 15.7. The second-order valence-electron chi connectivity index (χ2n) is 4.04. The lowest BCUT2D eigenvalue weighted by Gasteiger charge is -2.13. The van der Waals surface area contributed by atoms with Crippen molar-refractivity contribution in [1.82, 2.24) is 0 Å². The predicted octanol–water partition coefficient (Wildman–Crippen LogP) is 3.71. The molecule has 0 radical (unpaired) electrons. The molecule has 0 bridgehead atoms. The molecule has 2 aromatic rings. The molecule has 0 saturated heterocycles. The molecule has 0 aromatic heterocycles. The van der Waals surface area contributed by atoms with Crippen LogP contribution in [0.15, 0.2) is 59.5 Å². The van der Waals surface area contributed by atoms with Crippen LogP contribution >= 0.6 is 11.6 Å². The predicted molar refractivity (Wildman–Crippen MR) is 73.4 cm³/mol. The maximum absolute atomic E-state index is 12.4. The number of hydrogen-bond acceptors (Lipinski definition) is 2. The first-order valence-electron chi connectivity index (χ1n) is 5.52. The van der Waals surface area contributed by atoms with Crippen molar-refractivity contribution < 1.29 is 8.42 Å². The summed E-state index contributed by atoms with van der Waals surface area (Å²) in [6.07, 6.45) is 0. The zero-order valence-corrected chi connectivity index (χ0v) is 11.4. The highest BCUT2D eigenvalue weighted by atomic mass is 35.5. The summed E-state index contributed by atoms with van der Waals surface area (Å²) in [6.45, 7) is 1.77. The minimum atomic E-state index is -3.56. The maximum atomic E-state index is 12.4. The smallest absolute Gasteiger partial charge is 0.199 e. The molecule has 2 rings (SSSR count). The highest BCUT2D eigenvalue weighted by molar-refractivity contribution is 7.93. The van der Waals surface area contributed by atoms with Gasteiger partial charge in [0.1, 0.15) is 0 Å². The van der Waals surface area contributed by atoms with Crippen LogP contribution in [0.3, 0.4) is 0 Å². The average molecular weight is 281 g/mol. The molecule has 2 nitrogen and oxygen atoms in total. The second kappa shape index (κ2) is 5.12. The Hall–Kier alpha value is -1.32. The lowest BCUT2D eigenvalue weighted by atomic mass is 10.2. The van der Waals surface area contributed by atoms with Crippen LogP contribution in [-0.2, 0) is 9.84 Å². The first-order valence-corrected chi connectivity index (χ1v) is 7.50. The number of aryl methyl sites for hydroxylation is 1. The SMILES string of the molecule is Cc1ccccc1S(=O)(=O)C(Cl)c1ccccc1. The van der Waals surface area contributed by atoms with Crippen LogP contribution < -0.4 is 0 Å². The molecule has 0 aliphatic carbocycles. The molecule has 0 N–H and O–H groups in total. The number of alkyl halides is 1. The summed E-state index contributed by atoms with van der Waals surface area (Å²) in [4.78, 5) is 0.286. The van der Waals surface area contributed by atoms with E-state index in [-0.39, 0.29) is 4.90 Å². The summed E-state index contributed by atoms with van der Waals surface area (Å²) < 4.78 is 23.8. The molecule has 1 unspecified atom stereocenters. The number of rotatable bonds is 3. The molecule has 0 spiro atoms. The van der Waals surface area contributed by atoms with Crippen molar-refractivity contribution in [3.8, 4) is 0 Å². The zero-order chi connectivity index (χ0) is 13.2. The van der Waals surface area contributed by atoms with E-state index in [1.165, 1.54) is 0 Å². The quantitative estimate of drug-likeness (QED) is 0.803. The van der Waals surface area contributed by atoms with Crippen molar-refractivity contribution in [3.05, 3.63) is 65.7 Å². The molecule has 4 heteroatoms. The fourth-order valence-corrected chi connectivity index (χ4v) is 3.73. The van der Waals surface area contributed by atoms with Crippen LogP contribution in [-0.4, -0.2) is 8.42 Å². The van der Waals surface area contributed by atoms with Gasteiger partial charge in [0, 0.05) is 0 Å². The van der Waals surface area contributed by atoms with Gasteiger partial charge in [-0.15, -0.1) is 0 Å². The van der Waals surface area contributed by atoms with Gasteiger partial charge < -0.3 is 0 Å². The van der Waals surface area contributed by atoms with Crippen LogP contribution in [0, 0.1) is 6.92 Å². The molecule has 1 atom stereocenters. The Balaban J connectivity index is 2.48. The minimum Gasteiger partial charge on any atom is -0.222 e. The molecule has 18 heavy (non-hydrogen) atoms. The number of benzene rings is 2. The van der Waals surface area contributed by atoms with E-state index in [0.717, 1.165) is 0 Å². The van der Waals surface area contributed by atoms with Crippen molar-refractivity contribution in [1.29, 1.82) is 0 Å². The molecule has 2 aromatic carbocycles. The van der Waals surface area contributed by atoms with Crippen molar-refractivity contribution in [2.45, 2.75) is 16.5 Å². The first-order chi connectivity index (χ1) is 8.53. The van der Waals surface area contributed by atoms with Gasteiger partial charge in [0.25, 0.3) is 0 Å². The Kier molecular flexibility index (Phi) is 3.73. The van der Waals surface area contributed by atoms with E-state index in [1.54, 1.807) is 55.5 Å². The van der Waals surface area contributed by atoms with E-state index >= 15 is 0 Å². The van der Waals surface area contributed by atoms with Gasteiger partial charge in [-0.3, -0.25) is 0 Å². The third kappa shape index (κ3) is 2.42. The van der Waals surface area contributed by atoms with Crippen LogP contribution in [0.4, 0.5) is 0 Å². The van der Waals surface area contributed by atoms with Crippen LogP contribution in [0.5, 0.6) is 0 Å². The van der Waals surface area contributed by atoms with E-state index in [9.17, 15) is 8.42 Å². The lowest BCUT2D eigenvalue weighted by molar-refractivity contribution is 0.593. The molecule has 0 saturated carbocycles. The Labute approximate surface area is 112 Å². The molecule has 0 aliphatic heterocycles. The second-order valence-corrected chi connectivity index (χ2v) is 6.73. The summed E-state index contributed by atoms with van der Waals surface area (Å²) in [5.41, 5.74) is 1.29. The third-order valence-electron chi connectivity index (χ3n) is 2.73. The molecule has 94 valence electrons. The summed E-state index contributed by atoms with van der Waals surface area (Å²) in [5.74, 6) is 0. The van der Waals surface area contributed by atoms with E-state index in [0.29, 0.717) is 11.1 Å². The highest BCUT2D eigenvalue weighted by Gasteiger charge is 2.27. The summed E-state index contributed by atoms with van der Waals surface area (Å²) in [7, 11) is -3.56. The Morgan fingerprint density at radius 3 is 2.11 bits per heavy atom. The Morgan fingerprint density at radius 2 is 1.50 bits per heavy atom. The van der Waals surface area contributed by atoms with Gasteiger partial charge in [-0.1, -0.05) is 60.1 Å². The van der Waals surface area contributed by atoms with Crippen molar-refractivity contribution >= 4 is 21.4 Å². The molecule has 0 amide bonds. The fraction of sp³-hybridized carbons (Fsp3) is 0.143. The van der Waals surface area contributed by atoms with Gasteiger partial charge in [-0.05, 0) is 24.1 Å². The van der Waals surface area contributed by atoms with Gasteiger partial charge in [0.2, 0.25) is 0 Å². The van der Waals surface area contributed by atoms with Crippen molar-refractivity contribution in [2.24, 2.45) is 0 Å². The number of hydrogen-bond donors (Lipinski definition) is 0. The average Bonchev–Trinajstić information content (AvgIpc) is 2.39. The van der Waals surface area contributed by atoms with Crippen LogP contribution in [0.1, 0.15) is 15.8 Å². The van der Waals surface area contributed by atoms with Crippen molar-refractivity contribution in [3.63, 3.8) is 0 Å². The largest absolute Gasteiger partial charge is 0.222 e. The van der Waals surface area contributed by atoms with Crippen LogP contribution in [0.25, 0.3) is 0 Å². The summed E-state index contributed by atoms with van der Waals surface area (Å²) >= 11 is 6.12.